The Kier molecular flexibility index (Phi) is 5.56. The van der Waals surface area contributed by atoms with E-state index in [1.165, 1.54) is 5.56 Å². The molecular weight excluding hydrogens is 252 g/mol. The van der Waals surface area contributed by atoms with E-state index < -0.39 is 0 Å². The van der Waals surface area contributed by atoms with Crippen LogP contribution in [-0.4, -0.2) is 36.6 Å². The van der Waals surface area contributed by atoms with E-state index in [-0.39, 0.29) is 12.0 Å². The van der Waals surface area contributed by atoms with Gasteiger partial charge < -0.3 is 10.5 Å². The highest BCUT2D eigenvalue weighted by Crippen LogP contribution is 2.21. The molecule has 1 aliphatic heterocycles. The minimum atomic E-state index is -0.105. The van der Waals surface area contributed by atoms with Gasteiger partial charge in [-0.25, -0.2) is 0 Å². The largest absolute Gasteiger partial charge is 0.466 e. The first-order chi connectivity index (χ1) is 9.67. The number of carbonyl (C=O) groups excluding carboxylic acids is 1. The maximum atomic E-state index is 11.6. The SMILES string of the molecule is CCOC(=O)CC1CC(N)CN(Cc2ccccc2)C1. The Balaban J connectivity index is 1.89. The molecule has 0 aromatic heterocycles. The number of benzene rings is 1. The summed E-state index contributed by atoms with van der Waals surface area (Å²) in [6, 6.07) is 10.5. The summed E-state index contributed by atoms with van der Waals surface area (Å²) in [7, 11) is 0. The summed E-state index contributed by atoms with van der Waals surface area (Å²) in [5.41, 5.74) is 7.41. The molecular formula is C16H24N2O2. The molecule has 4 heteroatoms. The number of ether oxygens (including phenoxy) is 1. The van der Waals surface area contributed by atoms with Gasteiger partial charge in [0.2, 0.25) is 0 Å². The summed E-state index contributed by atoms with van der Waals surface area (Å²) in [6.07, 6.45) is 1.39. The van der Waals surface area contributed by atoms with Crippen LogP contribution in [0.5, 0.6) is 0 Å². The fourth-order valence-corrected chi connectivity index (χ4v) is 2.92. The molecule has 2 N–H and O–H groups in total. The molecule has 1 aliphatic rings. The van der Waals surface area contributed by atoms with Crippen molar-refractivity contribution in [3.63, 3.8) is 0 Å². The quantitative estimate of drug-likeness (QED) is 0.833. The van der Waals surface area contributed by atoms with Gasteiger partial charge in [0.15, 0.2) is 0 Å². The van der Waals surface area contributed by atoms with E-state index in [4.69, 9.17) is 10.5 Å². The maximum Gasteiger partial charge on any atom is 0.306 e. The standard InChI is InChI=1S/C16H24N2O2/c1-2-20-16(19)9-14-8-15(17)12-18(11-14)10-13-6-4-3-5-7-13/h3-7,14-15H,2,8-12,17H2,1H3. The van der Waals surface area contributed by atoms with Crippen LogP contribution in [0.1, 0.15) is 25.3 Å². The van der Waals surface area contributed by atoms with Crippen LogP contribution in [0.4, 0.5) is 0 Å². The lowest BCUT2D eigenvalue weighted by Crippen LogP contribution is -2.47. The van der Waals surface area contributed by atoms with E-state index in [0.717, 1.165) is 26.1 Å². The Bertz CT molecular complexity index is 422. The third kappa shape index (κ3) is 4.62. The zero-order valence-electron chi connectivity index (χ0n) is 12.1. The van der Waals surface area contributed by atoms with Crippen molar-refractivity contribution in [1.82, 2.24) is 4.90 Å². The molecule has 0 bridgehead atoms. The number of nitrogens with two attached hydrogens (primary N) is 1. The molecule has 1 fully saturated rings. The van der Waals surface area contributed by atoms with Gasteiger partial charge in [-0.15, -0.1) is 0 Å². The summed E-state index contributed by atoms with van der Waals surface area (Å²) >= 11 is 0. The molecule has 20 heavy (non-hydrogen) atoms. The number of esters is 1. The second kappa shape index (κ2) is 7.41. The van der Waals surface area contributed by atoms with Crippen LogP contribution < -0.4 is 5.73 Å². The van der Waals surface area contributed by atoms with E-state index >= 15 is 0 Å². The molecule has 110 valence electrons. The molecule has 2 rings (SSSR count). The van der Waals surface area contributed by atoms with Crippen LogP contribution >= 0.6 is 0 Å². The highest BCUT2D eigenvalue weighted by molar-refractivity contribution is 5.69. The number of rotatable bonds is 5. The van der Waals surface area contributed by atoms with E-state index in [2.05, 4.69) is 29.2 Å². The monoisotopic (exact) mass is 276 g/mol. The molecule has 0 radical (unpaired) electrons. The average molecular weight is 276 g/mol. The maximum absolute atomic E-state index is 11.6. The fourth-order valence-electron chi connectivity index (χ4n) is 2.92. The van der Waals surface area contributed by atoms with Crippen LogP contribution in [-0.2, 0) is 16.1 Å². The van der Waals surface area contributed by atoms with Crippen LogP contribution in [0, 0.1) is 5.92 Å². The van der Waals surface area contributed by atoms with Crippen LogP contribution in [0.3, 0.4) is 0 Å². The predicted octanol–water partition coefficient (Wildman–Crippen LogP) is 1.79. The summed E-state index contributed by atoms with van der Waals surface area (Å²) in [5.74, 6) is 0.202. The van der Waals surface area contributed by atoms with Gasteiger partial charge in [-0.3, -0.25) is 9.69 Å². The molecule has 1 aromatic rings. The third-order valence-electron chi connectivity index (χ3n) is 3.65. The van der Waals surface area contributed by atoms with Gasteiger partial charge in [-0.2, -0.15) is 0 Å². The van der Waals surface area contributed by atoms with Gasteiger partial charge in [0.25, 0.3) is 0 Å². The number of hydrogen-bond acceptors (Lipinski definition) is 4. The predicted molar refractivity (Wildman–Crippen MR) is 79.1 cm³/mol. The Morgan fingerprint density at radius 1 is 1.35 bits per heavy atom. The summed E-state index contributed by atoms with van der Waals surface area (Å²) in [5, 5.41) is 0. The van der Waals surface area contributed by atoms with Crippen molar-refractivity contribution in [2.45, 2.75) is 32.4 Å². The number of nitrogens with zero attached hydrogens (tertiary/aromatic N) is 1. The topological polar surface area (TPSA) is 55.6 Å². The van der Waals surface area contributed by atoms with Crippen molar-refractivity contribution in [3.8, 4) is 0 Å². The first-order valence-electron chi connectivity index (χ1n) is 7.35. The number of likely N-dealkylation sites (tertiary alicyclic amines) is 1. The molecule has 4 nitrogen and oxygen atoms in total. The van der Waals surface area contributed by atoms with Crippen molar-refractivity contribution in [2.24, 2.45) is 11.7 Å². The van der Waals surface area contributed by atoms with E-state index in [1.807, 2.05) is 13.0 Å². The van der Waals surface area contributed by atoms with Gasteiger partial charge in [-0.1, -0.05) is 30.3 Å². The number of carbonyl (C=O) groups is 1. The lowest BCUT2D eigenvalue weighted by molar-refractivity contribution is -0.144. The van der Waals surface area contributed by atoms with E-state index in [1.54, 1.807) is 0 Å². The minimum Gasteiger partial charge on any atom is -0.466 e. The van der Waals surface area contributed by atoms with Crippen LogP contribution in [0.25, 0.3) is 0 Å². The van der Waals surface area contributed by atoms with Gasteiger partial charge in [0.05, 0.1) is 6.61 Å². The van der Waals surface area contributed by atoms with Gasteiger partial charge in [0, 0.05) is 32.1 Å². The number of piperidine rings is 1. The molecule has 1 aromatic carbocycles. The van der Waals surface area contributed by atoms with E-state index in [0.29, 0.717) is 18.9 Å². The Labute approximate surface area is 120 Å². The zero-order valence-corrected chi connectivity index (χ0v) is 12.1. The average Bonchev–Trinajstić information content (AvgIpc) is 2.39. The summed E-state index contributed by atoms with van der Waals surface area (Å²) < 4.78 is 5.04. The fraction of sp³-hybridized carbons (Fsp3) is 0.562. The second-order valence-corrected chi connectivity index (χ2v) is 5.55. The van der Waals surface area contributed by atoms with Crippen molar-refractivity contribution in [3.05, 3.63) is 35.9 Å². The van der Waals surface area contributed by atoms with Crippen molar-refractivity contribution in [1.29, 1.82) is 0 Å². The molecule has 1 heterocycles. The lowest BCUT2D eigenvalue weighted by Gasteiger charge is -2.36. The molecule has 1 saturated heterocycles. The lowest BCUT2D eigenvalue weighted by atomic mass is 9.91. The third-order valence-corrected chi connectivity index (χ3v) is 3.65. The molecule has 0 spiro atoms. The summed E-state index contributed by atoms with van der Waals surface area (Å²) in [6.45, 7) is 5.00. The van der Waals surface area contributed by atoms with Crippen molar-refractivity contribution < 1.29 is 9.53 Å². The first-order valence-corrected chi connectivity index (χ1v) is 7.35. The molecule has 0 saturated carbocycles. The normalized spacial score (nSPS) is 23.5. The van der Waals surface area contributed by atoms with Gasteiger partial charge in [-0.05, 0) is 24.8 Å². The Morgan fingerprint density at radius 3 is 2.80 bits per heavy atom. The smallest absolute Gasteiger partial charge is 0.306 e. The zero-order chi connectivity index (χ0) is 14.4. The first kappa shape index (κ1) is 15.0. The van der Waals surface area contributed by atoms with Crippen molar-refractivity contribution >= 4 is 5.97 Å². The molecule has 0 amide bonds. The van der Waals surface area contributed by atoms with E-state index in [9.17, 15) is 4.79 Å². The summed E-state index contributed by atoms with van der Waals surface area (Å²) in [4.78, 5) is 13.9. The molecule has 2 atom stereocenters. The highest BCUT2D eigenvalue weighted by Gasteiger charge is 2.27. The number of hydrogen-bond donors (Lipinski definition) is 1. The molecule has 0 aliphatic carbocycles. The van der Waals surface area contributed by atoms with Crippen LogP contribution in [0.2, 0.25) is 0 Å². The van der Waals surface area contributed by atoms with Crippen molar-refractivity contribution in [2.75, 3.05) is 19.7 Å². The Morgan fingerprint density at radius 2 is 2.10 bits per heavy atom. The van der Waals surface area contributed by atoms with Gasteiger partial charge >= 0.3 is 5.97 Å². The molecule has 2 unspecified atom stereocenters. The minimum absolute atomic E-state index is 0.105. The highest BCUT2D eigenvalue weighted by atomic mass is 16.5. The van der Waals surface area contributed by atoms with Gasteiger partial charge in [0.1, 0.15) is 0 Å². The van der Waals surface area contributed by atoms with Crippen LogP contribution in [0.15, 0.2) is 30.3 Å². The second-order valence-electron chi connectivity index (χ2n) is 5.55. The Hall–Kier alpha value is -1.39.